The van der Waals surface area contributed by atoms with Crippen LogP contribution in [0.2, 0.25) is 0 Å². The number of carbonyl (C=O) groups is 1. The fraction of sp³-hybridized carbons (Fsp3) is 0.767. The number of carbonyl (C=O) groups excluding carboxylic acids is 1. The van der Waals surface area contributed by atoms with E-state index >= 15 is 0 Å². The maximum atomic E-state index is 13.5. The van der Waals surface area contributed by atoms with Crippen LogP contribution in [0.5, 0.6) is 5.75 Å². The molecule has 3 aliphatic carbocycles. The first-order chi connectivity index (χ1) is 17.0. The largest absolute Gasteiger partial charge is 0.426 e. The second-order valence-electron chi connectivity index (χ2n) is 11.6. The van der Waals surface area contributed by atoms with E-state index in [1.54, 1.807) is 0 Å². The van der Waals surface area contributed by atoms with Gasteiger partial charge in [0.05, 0.1) is 5.92 Å². The molecular weight excluding hydrogens is 449 g/mol. The van der Waals surface area contributed by atoms with Crippen molar-refractivity contribution in [2.45, 2.75) is 110 Å². The van der Waals surface area contributed by atoms with Gasteiger partial charge in [0.1, 0.15) is 5.75 Å². The van der Waals surface area contributed by atoms with Gasteiger partial charge in [-0.3, -0.25) is 4.79 Å². The summed E-state index contributed by atoms with van der Waals surface area (Å²) in [5, 5.41) is 0. The Bertz CT molecular complexity index is 810. The summed E-state index contributed by atoms with van der Waals surface area (Å²) in [5.41, 5.74) is 0. The lowest BCUT2D eigenvalue weighted by molar-refractivity contribution is -0.144. The minimum absolute atomic E-state index is 0.227. The molecule has 4 unspecified atom stereocenters. The first kappa shape index (κ1) is 26.5. The minimum atomic E-state index is -1.54. The Labute approximate surface area is 209 Å². The van der Waals surface area contributed by atoms with E-state index in [0.717, 1.165) is 55.6 Å². The highest BCUT2D eigenvalue weighted by atomic mass is 19.2. The van der Waals surface area contributed by atoms with Crippen LogP contribution in [0, 0.1) is 53.0 Å². The zero-order valence-corrected chi connectivity index (χ0v) is 21.4. The van der Waals surface area contributed by atoms with Crippen LogP contribution in [0.3, 0.4) is 0 Å². The van der Waals surface area contributed by atoms with Crippen LogP contribution < -0.4 is 4.74 Å². The van der Waals surface area contributed by atoms with E-state index in [2.05, 4.69) is 6.92 Å². The molecule has 3 fully saturated rings. The van der Waals surface area contributed by atoms with Crippen molar-refractivity contribution in [1.82, 2.24) is 0 Å². The maximum Gasteiger partial charge on any atom is 0.314 e. The molecule has 1 aromatic carbocycles. The Morgan fingerprint density at radius 3 is 2.23 bits per heavy atom. The van der Waals surface area contributed by atoms with Crippen LogP contribution in [0.1, 0.15) is 110 Å². The van der Waals surface area contributed by atoms with E-state index in [9.17, 15) is 18.0 Å². The summed E-state index contributed by atoms with van der Waals surface area (Å²) in [6.07, 6.45) is 20.2. The van der Waals surface area contributed by atoms with Gasteiger partial charge in [-0.2, -0.15) is 0 Å². The average molecular weight is 493 g/mol. The zero-order chi connectivity index (χ0) is 24.8. The molecule has 4 rings (SSSR count). The van der Waals surface area contributed by atoms with Gasteiger partial charge >= 0.3 is 5.97 Å². The number of hydrogen-bond acceptors (Lipinski definition) is 2. The summed E-state index contributed by atoms with van der Waals surface area (Å²) in [5.74, 6) is -1.72. The van der Waals surface area contributed by atoms with Gasteiger partial charge in [0.25, 0.3) is 0 Å². The van der Waals surface area contributed by atoms with E-state index in [0.29, 0.717) is 11.8 Å². The molecule has 196 valence electrons. The van der Waals surface area contributed by atoms with Crippen molar-refractivity contribution in [3.05, 3.63) is 29.6 Å². The van der Waals surface area contributed by atoms with E-state index < -0.39 is 23.4 Å². The van der Waals surface area contributed by atoms with Crippen molar-refractivity contribution >= 4 is 5.97 Å². The third kappa shape index (κ3) is 6.83. The molecule has 0 amide bonds. The number of halogens is 3. The lowest BCUT2D eigenvalue weighted by Crippen LogP contribution is -2.40. The number of fused-ring (bicyclic) bond motifs is 1. The van der Waals surface area contributed by atoms with Crippen molar-refractivity contribution in [2.75, 3.05) is 0 Å². The van der Waals surface area contributed by atoms with E-state index in [-0.39, 0.29) is 11.7 Å². The topological polar surface area (TPSA) is 26.3 Å². The molecule has 5 heteroatoms. The molecule has 0 bridgehead atoms. The van der Waals surface area contributed by atoms with Crippen molar-refractivity contribution in [3.63, 3.8) is 0 Å². The normalized spacial score (nSPS) is 31.1. The smallest absolute Gasteiger partial charge is 0.314 e. The van der Waals surface area contributed by atoms with Gasteiger partial charge in [0.2, 0.25) is 0 Å². The van der Waals surface area contributed by atoms with Crippen molar-refractivity contribution in [3.8, 4) is 5.75 Å². The van der Waals surface area contributed by atoms with E-state index in [1.165, 1.54) is 77.0 Å². The Morgan fingerprint density at radius 1 is 0.829 bits per heavy atom. The molecule has 0 radical (unpaired) electrons. The Morgan fingerprint density at radius 2 is 1.51 bits per heavy atom. The fourth-order valence-corrected chi connectivity index (χ4v) is 7.49. The number of hydrogen-bond donors (Lipinski definition) is 0. The molecule has 2 nitrogen and oxygen atoms in total. The molecule has 0 saturated heterocycles. The summed E-state index contributed by atoms with van der Waals surface area (Å²) in [6, 6.07) is 1.52. The highest BCUT2D eigenvalue weighted by Crippen LogP contribution is 2.50. The predicted octanol–water partition coefficient (Wildman–Crippen LogP) is 9.01. The van der Waals surface area contributed by atoms with Gasteiger partial charge < -0.3 is 4.74 Å². The SMILES string of the molecule is CCCCCCCC1CCC(C2CCC3C(CCCC3C(=O)Oc3cc(F)c(F)c(F)c3)C2)CC1. The van der Waals surface area contributed by atoms with Gasteiger partial charge in [0, 0.05) is 12.1 Å². The van der Waals surface area contributed by atoms with Crippen LogP contribution in [0.15, 0.2) is 12.1 Å². The molecule has 35 heavy (non-hydrogen) atoms. The summed E-state index contributed by atoms with van der Waals surface area (Å²) in [7, 11) is 0. The van der Waals surface area contributed by atoms with E-state index in [1.807, 2.05) is 0 Å². The molecule has 0 spiro atoms. The number of esters is 1. The Balaban J connectivity index is 1.25. The maximum absolute atomic E-state index is 13.5. The van der Waals surface area contributed by atoms with Gasteiger partial charge in [-0.05, 0) is 68.1 Å². The first-order valence-electron chi connectivity index (χ1n) is 14.3. The molecule has 0 heterocycles. The third-order valence-electron chi connectivity index (χ3n) is 9.44. The third-order valence-corrected chi connectivity index (χ3v) is 9.44. The van der Waals surface area contributed by atoms with Crippen molar-refractivity contribution < 1.29 is 22.7 Å². The molecule has 3 saturated carbocycles. The number of benzene rings is 1. The van der Waals surface area contributed by atoms with Crippen LogP contribution in [0.4, 0.5) is 13.2 Å². The lowest BCUT2D eigenvalue weighted by Gasteiger charge is -2.46. The molecule has 3 aliphatic rings. The first-order valence-corrected chi connectivity index (χ1v) is 14.3. The van der Waals surface area contributed by atoms with Crippen molar-refractivity contribution in [2.24, 2.45) is 35.5 Å². The van der Waals surface area contributed by atoms with Crippen LogP contribution in [-0.2, 0) is 4.79 Å². The quantitative estimate of drug-likeness (QED) is 0.149. The minimum Gasteiger partial charge on any atom is -0.426 e. The summed E-state index contributed by atoms with van der Waals surface area (Å²) < 4.78 is 45.7. The highest BCUT2D eigenvalue weighted by molar-refractivity contribution is 5.75. The summed E-state index contributed by atoms with van der Waals surface area (Å²) in [6.45, 7) is 2.27. The Hall–Kier alpha value is -1.52. The van der Waals surface area contributed by atoms with Gasteiger partial charge in [-0.25, -0.2) is 13.2 Å². The second kappa shape index (κ2) is 12.6. The zero-order valence-electron chi connectivity index (χ0n) is 21.4. The standard InChI is InChI=1S/C30H43F3O2/c1-2-3-4-5-6-8-20-11-13-21(14-12-20)22-15-16-25-23(17-22)9-7-10-26(25)30(34)35-24-18-27(31)29(33)28(32)19-24/h18-23,25-26H,2-17H2,1H3. The second-order valence-corrected chi connectivity index (χ2v) is 11.6. The predicted molar refractivity (Wildman–Crippen MR) is 132 cm³/mol. The van der Waals surface area contributed by atoms with Crippen LogP contribution in [-0.4, -0.2) is 5.97 Å². The Kier molecular flexibility index (Phi) is 9.58. The number of ether oxygens (including phenoxy) is 1. The number of rotatable bonds is 9. The molecular formula is C30H43F3O2. The average Bonchev–Trinajstić information content (AvgIpc) is 2.86. The molecule has 0 N–H and O–H groups in total. The van der Waals surface area contributed by atoms with Crippen molar-refractivity contribution in [1.29, 1.82) is 0 Å². The van der Waals surface area contributed by atoms with Gasteiger partial charge in [0.15, 0.2) is 17.5 Å². The molecule has 0 aliphatic heterocycles. The van der Waals surface area contributed by atoms with Gasteiger partial charge in [-0.1, -0.05) is 71.1 Å². The lowest BCUT2D eigenvalue weighted by atomic mass is 9.59. The van der Waals surface area contributed by atoms with Crippen LogP contribution in [0.25, 0.3) is 0 Å². The highest BCUT2D eigenvalue weighted by Gasteiger charge is 2.43. The molecule has 1 aromatic rings. The monoisotopic (exact) mass is 492 g/mol. The van der Waals surface area contributed by atoms with Gasteiger partial charge in [-0.15, -0.1) is 0 Å². The number of unbranched alkanes of at least 4 members (excludes halogenated alkanes) is 4. The summed E-state index contributed by atoms with van der Waals surface area (Å²) >= 11 is 0. The molecule has 0 aromatic heterocycles. The summed E-state index contributed by atoms with van der Waals surface area (Å²) in [4.78, 5) is 12.9. The molecule has 4 atom stereocenters. The fourth-order valence-electron chi connectivity index (χ4n) is 7.49. The van der Waals surface area contributed by atoms with Crippen LogP contribution >= 0.6 is 0 Å². The van der Waals surface area contributed by atoms with E-state index in [4.69, 9.17) is 4.74 Å².